The number of nitrogens with zero attached hydrogens (tertiary/aromatic N) is 2. The molecule has 2 N–H and O–H groups in total. The molecule has 2 saturated heterocycles. The molecular weight excluding hydrogens is 391 g/mol. The van der Waals surface area contributed by atoms with Crippen LogP contribution >= 0.6 is 24.8 Å². The van der Waals surface area contributed by atoms with E-state index in [1.165, 1.54) is 12.8 Å². The van der Waals surface area contributed by atoms with Gasteiger partial charge in [0.25, 0.3) is 0 Å². The summed E-state index contributed by atoms with van der Waals surface area (Å²) in [5.74, 6) is -0.216. The fraction of sp³-hybridized carbons (Fsp3) is 0.889. The van der Waals surface area contributed by atoms with E-state index in [9.17, 15) is 9.59 Å². The summed E-state index contributed by atoms with van der Waals surface area (Å²) in [6.45, 7) is 6.42. The largest absolute Gasteiger partial charge is 0.438 e. The summed E-state index contributed by atoms with van der Waals surface area (Å²) in [4.78, 5) is 28.1. The maximum Gasteiger partial charge on any atom is 0.322 e. The van der Waals surface area contributed by atoms with Crippen LogP contribution in [0.3, 0.4) is 0 Å². The number of halogens is 2. The monoisotopic (exact) mass is 424 g/mol. The van der Waals surface area contributed by atoms with Gasteiger partial charge in [-0.1, -0.05) is 6.42 Å². The lowest BCUT2D eigenvalue weighted by atomic mass is 9.91. The van der Waals surface area contributed by atoms with Gasteiger partial charge in [-0.2, -0.15) is 0 Å². The number of ether oxygens (including phenoxy) is 1. The van der Waals surface area contributed by atoms with Gasteiger partial charge in [0.2, 0.25) is 6.41 Å². The van der Waals surface area contributed by atoms with Gasteiger partial charge in [0.1, 0.15) is 0 Å². The Morgan fingerprint density at radius 2 is 1.70 bits per heavy atom. The van der Waals surface area contributed by atoms with E-state index < -0.39 is 5.72 Å². The first-order valence-corrected chi connectivity index (χ1v) is 9.81. The summed E-state index contributed by atoms with van der Waals surface area (Å²) in [7, 11) is 0. The van der Waals surface area contributed by atoms with Crippen LogP contribution in [0, 0.1) is 0 Å². The number of amides is 1. The zero-order valence-corrected chi connectivity index (χ0v) is 17.6. The van der Waals surface area contributed by atoms with Crippen molar-refractivity contribution in [2.75, 3.05) is 45.8 Å². The van der Waals surface area contributed by atoms with Crippen molar-refractivity contribution in [2.45, 2.75) is 56.7 Å². The van der Waals surface area contributed by atoms with Crippen LogP contribution in [0.1, 0.15) is 44.9 Å². The molecule has 3 fully saturated rings. The van der Waals surface area contributed by atoms with E-state index in [0.29, 0.717) is 19.0 Å². The van der Waals surface area contributed by atoms with Gasteiger partial charge < -0.3 is 15.4 Å². The van der Waals surface area contributed by atoms with Crippen LogP contribution in [0.15, 0.2) is 0 Å². The average Bonchev–Trinajstić information content (AvgIpc) is 2.64. The van der Waals surface area contributed by atoms with Crippen LogP contribution in [-0.4, -0.2) is 79.8 Å². The average molecular weight is 425 g/mol. The molecule has 0 spiro atoms. The summed E-state index contributed by atoms with van der Waals surface area (Å²) in [5, 5.41) is 6.17. The van der Waals surface area contributed by atoms with Gasteiger partial charge in [0, 0.05) is 45.1 Å². The van der Waals surface area contributed by atoms with Crippen molar-refractivity contribution in [3.8, 4) is 0 Å². The molecular formula is C18H34Cl2N4O3. The molecule has 0 aromatic heterocycles. The summed E-state index contributed by atoms with van der Waals surface area (Å²) in [5.41, 5.74) is -0.770. The van der Waals surface area contributed by atoms with E-state index in [4.69, 9.17) is 4.74 Å². The van der Waals surface area contributed by atoms with Crippen LogP contribution in [-0.2, 0) is 14.3 Å². The molecule has 0 aromatic rings. The van der Waals surface area contributed by atoms with E-state index in [1.54, 1.807) is 0 Å². The Hall–Kier alpha value is -0.600. The third-order valence-corrected chi connectivity index (χ3v) is 5.88. The third-order valence-electron chi connectivity index (χ3n) is 5.88. The summed E-state index contributed by atoms with van der Waals surface area (Å²) in [6, 6.07) is 0.692. The van der Waals surface area contributed by atoms with Crippen molar-refractivity contribution in [3.05, 3.63) is 0 Å². The summed E-state index contributed by atoms with van der Waals surface area (Å²) >= 11 is 0. The molecule has 0 atom stereocenters. The van der Waals surface area contributed by atoms with Crippen molar-refractivity contribution >= 4 is 37.2 Å². The molecule has 3 rings (SSSR count). The molecule has 0 bridgehead atoms. The zero-order valence-electron chi connectivity index (χ0n) is 16.0. The van der Waals surface area contributed by atoms with Crippen molar-refractivity contribution in [3.63, 3.8) is 0 Å². The Labute approximate surface area is 174 Å². The minimum absolute atomic E-state index is 0. The fourth-order valence-electron chi connectivity index (χ4n) is 4.40. The maximum atomic E-state index is 12.4. The maximum absolute atomic E-state index is 12.4. The van der Waals surface area contributed by atoms with E-state index in [2.05, 4.69) is 20.4 Å². The van der Waals surface area contributed by atoms with Gasteiger partial charge >= 0.3 is 5.97 Å². The van der Waals surface area contributed by atoms with Crippen LogP contribution in [0.4, 0.5) is 0 Å². The second-order valence-corrected chi connectivity index (χ2v) is 7.58. The van der Waals surface area contributed by atoms with Gasteiger partial charge in [-0.25, -0.2) is 0 Å². The lowest BCUT2D eigenvalue weighted by Crippen LogP contribution is -2.55. The highest BCUT2D eigenvalue weighted by atomic mass is 35.5. The second-order valence-electron chi connectivity index (χ2n) is 7.58. The molecule has 7 nitrogen and oxygen atoms in total. The van der Waals surface area contributed by atoms with Crippen LogP contribution in [0.2, 0.25) is 0 Å². The molecule has 0 radical (unpaired) electrons. The number of hydrogen-bond acceptors (Lipinski definition) is 6. The molecule has 2 heterocycles. The third kappa shape index (κ3) is 7.06. The van der Waals surface area contributed by atoms with Crippen molar-refractivity contribution in [2.24, 2.45) is 0 Å². The Morgan fingerprint density at radius 3 is 2.30 bits per heavy atom. The Kier molecular flexibility index (Phi) is 10.9. The second kappa shape index (κ2) is 12.1. The van der Waals surface area contributed by atoms with Crippen LogP contribution < -0.4 is 10.6 Å². The minimum Gasteiger partial charge on any atom is -0.438 e. The molecule has 2 aliphatic heterocycles. The van der Waals surface area contributed by atoms with Crippen molar-refractivity contribution in [1.82, 2.24) is 20.4 Å². The normalized spacial score (nSPS) is 24.1. The van der Waals surface area contributed by atoms with E-state index in [-0.39, 0.29) is 30.8 Å². The predicted octanol–water partition coefficient (Wildman–Crippen LogP) is 1.15. The van der Waals surface area contributed by atoms with Gasteiger partial charge in [-0.05, 0) is 38.8 Å². The van der Waals surface area contributed by atoms with Gasteiger partial charge in [-0.3, -0.25) is 19.4 Å². The number of rotatable bonds is 6. The van der Waals surface area contributed by atoms with Gasteiger partial charge in [0.05, 0.1) is 6.54 Å². The smallest absolute Gasteiger partial charge is 0.322 e. The summed E-state index contributed by atoms with van der Waals surface area (Å²) < 4.78 is 5.72. The summed E-state index contributed by atoms with van der Waals surface area (Å²) in [6.07, 6.45) is 7.67. The van der Waals surface area contributed by atoms with Gasteiger partial charge in [-0.15, -0.1) is 24.8 Å². The van der Waals surface area contributed by atoms with Gasteiger partial charge in [0.15, 0.2) is 5.72 Å². The Bertz CT molecular complexity index is 450. The number of nitrogens with one attached hydrogen (secondary N) is 2. The van der Waals surface area contributed by atoms with E-state index >= 15 is 0 Å². The standard InChI is InChI=1S/C18H32N4O3.2ClH/c23-15-20-18(6-2-1-3-7-18)25-17(24)14-21-10-12-22(13-11-21)16-4-8-19-9-5-16;;/h15-16,19H,1-14H2,(H,20,23);2*1H. The zero-order chi connectivity index (χ0) is 17.5. The van der Waals surface area contributed by atoms with Crippen molar-refractivity contribution < 1.29 is 14.3 Å². The molecule has 9 heteroatoms. The lowest BCUT2D eigenvalue weighted by Gasteiger charge is -2.41. The molecule has 1 saturated carbocycles. The highest BCUT2D eigenvalue weighted by molar-refractivity contribution is 5.85. The predicted molar refractivity (Wildman–Crippen MR) is 110 cm³/mol. The fourth-order valence-corrected chi connectivity index (χ4v) is 4.40. The lowest BCUT2D eigenvalue weighted by molar-refractivity contribution is -0.170. The number of piperazine rings is 1. The Morgan fingerprint density at radius 1 is 1.07 bits per heavy atom. The van der Waals surface area contributed by atoms with E-state index in [0.717, 1.165) is 71.4 Å². The SMILES string of the molecule is Cl.Cl.O=CNC1(OC(=O)CN2CCN(C3CCNCC3)CC2)CCCCC1. The molecule has 27 heavy (non-hydrogen) atoms. The highest BCUT2D eigenvalue weighted by Crippen LogP contribution is 2.29. The Balaban J connectivity index is 0.00000182. The number of hydrogen-bond donors (Lipinski definition) is 2. The van der Waals surface area contributed by atoms with Crippen molar-refractivity contribution in [1.29, 1.82) is 0 Å². The molecule has 0 aromatic carbocycles. The molecule has 1 aliphatic carbocycles. The first kappa shape index (κ1) is 24.4. The van der Waals surface area contributed by atoms with E-state index in [1.807, 2.05) is 0 Å². The molecule has 3 aliphatic rings. The molecule has 0 unspecified atom stereocenters. The number of carbonyl (C=O) groups is 2. The van der Waals surface area contributed by atoms with Crippen LogP contribution in [0.5, 0.6) is 0 Å². The highest BCUT2D eigenvalue weighted by Gasteiger charge is 2.36. The topological polar surface area (TPSA) is 73.9 Å². The minimum atomic E-state index is -0.770. The number of esters is 1. The quantitative estimate of drug-likeness (QED) is 0.378. The number of piperidine rings is 1. The molecule has 158 valence electrons. The first-order valence-electron chi connectivity index (χ1n) is 9.81. The first-order chi connectivity index (χ1) is 12.2. The number of carbonyl (C=O) groups excluding carboxylic acids is 2. The van der Waals surface area contributed by atoms with Crippen LogP contribution in [0.25, 0.3) is 0 Å². The molecule has 1 amide bonds.